The number of hydrogen-bond donors (Lipinski definition) is 0. The van der Waals surface area contributed by atoms with E-state index in [2.05, 4.69) is 24.0 Å². The topological polar surface area (TPSA) is 23.6 Å². The lowest BCUT2D eigenvalue weighted by atomic mass is 10.2. The summed E-state index contributed by atoms with van der Waals surface area (Å²) in [4.78, 5) is 16.7. The minimum Gasteiger partial charge on any atom is -0.339 e. The van der Waals surface area contributed by atoms with Crippen LogP contribution in [-0.4, -0.2) is 52.9 Å². The summed E-state index contributed by atoms with van der Waals surface area (Å²) in [6.07, 6.45) is 0. The van der Waals surface area contributed by atoms with E-state index in [1.165, 1.54) is 5.56 Å². The highest BCUT2D eigenvalue weighted by Crippen LogP contribution is 2.16. The van der Waals surface area contributed by atoms with E-state index in [9.17, 15) is 4.79 Å². The summed E-state index contributed by atoms with van der Waals surface area (Å²) < 4.78 is 0. The Hall–Kier alpha value is -0.710. The molecule has 0 aromatic heterocycles. The third-order valence-corrected chi connectivity index (χ3v) is 5.05. The fourth-order valence-corrected chi connectivity index (χ4v) is 3.47. The van der Waals surface area contributed by atoms with Crippen LogP contribution < -0.4 is 0 Å². The average Bonchev–Trinajstić information content (AvgIpc) is 2.50. The van der Waals surface area contributed by atoms with Crippen molar-refractivity contribution < 1.29 is 4.79 Å². The van der Waals surface area contributed by atoms with Crippen molar-refractivity contribution in [3.8, 4) is 0 Å². The number of piperazine rings is 1. The maximum Gasteiger partial charge on any atom is 0.235 e. The molecule has 1 aromatic carbocycles. The molecule has 0 aliphatic carbocycles. The molecule has 1 amide bonds. The molecule has 1 aliphatic heterocycles. The molecule has 0 N–H and O–H groups in total. The molecule has 0 unspecified atom stereocenters. The van der Waals surface area contributed by atoms with Crippen molar-refractivity contribution >= 4 is 29.3 Å². The van der Waals surface area contributed by atoms with Gasteiger partial charge in [-0.3, -0.25) is 9.69 Å². The van der Waals surface area contributed by atoms with Crippen LogP contribution in [0.1, 0.15) is 19.4 Å². The van der Waals surface area contributed by atoms with Crippen molar-refractivity contribution in [2.45, 2.75) is 25.6 Å². The first-order valence-electron chi connectivity index (χ1n) is 7.47. The van der Waals surface area contributed by atoms with Gasteiger partial charge in [0.25, 0.3) is 0 Å². The number of carbonyl (C=O) groups excluding carboxylic acids is 1. The van der Waals surface area contributed by atoms with Crippen LogP contribution in [0.2, 0.25) is 5.02 Å². The maximum absolute atomic E-state index is 12.3. The van der Waals surface area contributed by atoms with Gasteiger partial charge in [0, 0.05) is 37.7 Å². The Morgan fingerprint density at radius 2 is 1.86 bits per heavy atom. The molecule has 3 nitrogen and oxygen atoms in total. The van der Waals surface area contributed by atoms with Gasteiger partial charge in [0.2, 0.25) is 5.91 Å². The van der Waals surface area contributed by atoms with Crippen molar-refractivity contribution in [2.75, 3.05) is 31.9 Å². The van der Waals surface area contributed by atoms with Crippen LogP contribution in [0.5, 0.6) is 0 Å². The highest BCUT2D eigenvalue weighted by molar-refractivity contribution is 8.00. The SMILES string of the molecule is CCS[C@H](C)C(=O)N1CCN(Cc2ccc(Cl)cc2)CC1. The quantitative estimate of drug-likeness (QED) is 0.830. The first-order valence-corrected chi connectivity index (χ1v) is 8.90. The normalized spacial score (nSPS) is 17.8. The number of hydrogen-bond acceptors (Lipinski definition) is 3. The van der Waals surface area contributed by atoms with E-state index in [1.807, 2.05) is 24.0 Å². The number of rotatable bonds is 5. The molecular formula is C16H23ClN2OS. The smallest absolute Gasteiger partial charge is 0.235 e. The van der Waals surface area contributed by atoms with Crippen LogP contribution in [0.15, 0.2) is 24.3 Å². The number of thioether (sulfide) groups is 1. The van der Waals surface area contributed by atoms with Gasteiger partial charge in [-0.15, -0.1) is 11.8 Å². The van der Waals surface area contributed by atoms with E-state index in [4.69, 9.17) is 11.6 Å². The number of carbonyl (C=O) groups is 1. The highest BCUT2D eigenvalue weighted by Gasteiger charge is 2.24. The Balaban J connectivity index is 1.80. The van der Waals surface area contributed by atoms with E-state index in [0.717, 1.165) is 43.5 Å². The second kappa shape index (κ2) is 8.06. The lowest BCUT2D eigenvalue weighted by Gasteiger charge is -2.35. The first kappa shape index (κ1) is 16.7. The zero-order valence-corrected chi connectivity index (χ0v) is 14.3. The zero-order chi connectivity index (χ0) is 15.2. The van der Waals surface area contributed by atoms with Crippen LogP contribution in [0.3, 0.4) is 0 Å². The molecule has 2 rings (SSSR count). The van der Waals surface area contributed by atoms with Crippen LogP contribution in [-0.2, 0) is 11.3 Å². The van der Waals surface area contributed by atoms with Crippen molar-refractivity contribution in [1.29, 1.82) is 0 Å². The lowest BCUT2D eigenvalue weighted by Crippen LogP contribution is -2.50. The van der Waals surface area contributed by atoms with Crippen LogP contribution in [0, 0.1) is 0 Å². The molecule has 0 spiro atoms. The van der Waals surface area contributed by atoms with E-state index in [-0.39, 0.29) is 11.2 Å². The van der Waals surface area contributed by atoms with E-state index in [1.54, 1.807) is 11.8 Å². The minimum absolute atomic E-state index is 0.0813. The number of benzene rings is 1. The molecule has 1 aliphatic rings. The molecule has 0 saturated carbocycles. The molecule has 0 radical (unpaired) electrons. The molecule has 116 valence electrons. The third kappa shape index (κ3) is 4.90. The Labute approximate surface area is 136 Å². The third-order valence-electron chi connectivity index (χ3n) is 3.77. The second-order valence-electron chi connectivity index (χ2n) is 5.33. The Morgan fingerprint density at radius 3 is 2.43 bits per heavy atom. The monoisotopic (exact) mass is 326 g/mol. The molecular weight excluding hydrogens is 304 g/mol. The van der Waals surface area contributed by atoms with E-state index < -0.39 is 0 Å². The van der Waals surface area contributed by atoms with Crippen molar-refractivity contribution in [2.24, 2.45) is 0 Å². The van der Waals surface area contributed by atoms with Gasteiger partial charge >= 0.3 is 0 Å². The van der Waals surface area contributed by atoms with Crippen molar-refractivity contribution in [1.82, 2.24) is 9.80 Å². The van der Waals surface area contributed by atoms with E-state index in [0.29, 0.717) is 0 Å². The minimum atomic E-state index is 0.0813. The summed E-state index contributed by atoms with van der Waals surface area (Å²) in [5.41, 5.74) is 1.27. The maximum atomic E-state index is 12.3. The zero-order valence-electron chi connectivity index (χ0n) is 12.7. The molecule has 21 heavy (non-hydrogen) atoms. The first-order chi connectivity index (χ1) is 10.1. The Kier molecular flexibility index (Phi) is 6.40. The fourth-order valence-electron chi connectivity index (χ4n) is 2.55. The summed E-state index contributed by atoms with van der Waals surface area (Å²) in [5, 5.41) is 0.856. The van der Waals surface area contributed by atoms with Gasteiger partial charge in [0.15, 0.2) is 0 Å². The number of nitrogens with zero attached hydrogens (tertiary/aromatic N) is 2. The molecule has 1 fully saturated rings. The number of halogens is 1. The molecule has 1 heterocycles. The molecule has 1 saturated heterocycles. The predicted molar refractivity (Wildman–Crippen MR) is 90.9 cm³/mol. The van der Waals surface area contributed by atoms with Gasteiger partial charge in [0.05, 0.1) is 5.25 Å². The van der Waals surface area contributed by atoms with Gasteiger partial charge in [0.1, 0.15) is 0 Å². The van der Waals surface area contributed by atoms with Gasteiger partial charge < -0.3 is 4.90 Å². The molecule has 1 atom stereocenters. The molecule has 1 aromatic rings. The van der Waals surface area contributed by atoms with Crippen LogP contribution >= 0.6 is 23.4 Å². The lowest BCUT2D eigenvalue weighted by molar-refractivity contribution is -0.132. The summed E-state index contributed by atoms with van der Waals surface area (Å²) in [5.74, 6) is 1.27. The summed E-state index contributed by atoms with van der Waals surface area (Å²) in [7, 11) is 0. The molecule has 0 bridgehead atoms. The fraction of sp³-hybridized carbons (Fsp3) is 0.562. The van der Waals surface area contributed by atoms with Crippen molar-refractivity contribution in [3.63, 3.8) is 0 Å². The highest BCUT2D eigenvalue weighted by atomic mass is 35.5. The standard InChI is InChI=1S/C16H23ClN2OS/c1-3-21-13(2)16(20)19-10-8-18(9-11-19)12-14-4-6-15(17)7-5-14/h4-7,13H,3,8-12H2,1-2H3/t13-/m1/s1. The van der Waals surface area contributed by atoms with Gasteiger partial charge in [-0.1, -0.05) is 30.7 Å². The van der Waals surface area contributed by atoms with Gasteiger partial charge in [-0.05, 0) is 30.4 Å². The number of amides is 1. The largest absolute Gasteiger partial charge is 0.339 e. The van der Waals surface area contributed by atoms with Crippen LogP contribution in [0.4, 0.5) is 0 Å². The second-order valence-corrected chi connectivity index (χ2v) is 7.38. The van der Waals surface area contributed by atoms with Gasteiger partial charge in [-0.2, -0.15) is 0 Å². The summed E-state index contributed by atoms with van der Waals surface area (Å²) in [6.45, 7) is 8.59. The Morgan fingerprint density at radius 1 is 1.24 bits per heavy atom. The average molecular weight is 327 g/mol. The summed E-state index contributed by atoms with van der Waals surface area (Å²) >= 11 is 7.62. The predicted octanol–water partition coefficient (Wildman–Crippen LogP) is 3.13. The Bertz CT molecular complexity index is 458. The van der Waals surface area contributed by atoms with Gasteiger partial charge in [-0.25, -0.2) is 0 Å². The van der Waals surface area contributed by atoms with E-state index >= 15 is 0 Å². The summed E-state index contributed by atoms with van der Waals surface area (Å²) in [6, 6.07) is 8.00. The van der Waals surface area contributed by atoms with Crippen molar-refractivity contribution in [3.05, 3.63) is 34.9 Å². The molecule has 5 heteroatoms. The van der Waals surface area contributed by atoms with Crippen LogP contribution in [0.25, 0.3) is 0 Å².